The second-order valence-corrected chi connectivity index (χ2v) is 9.46. The zero-order valence-electron chi connectivity index (χ0n) is 21.1. The molecular weight excluding hydrogens is 466 g/mol. The van der Waals surface area contributed by atoms with Gasteiger partial charge in [0.15, 0.2) is 0 Å². The molecule has 10 nitrogen and oxygen atoms in total. The van der Waals surface area contributed by atoms with Gasteiger partial charge in [0.25, 0.3) is 0 Å². The van der Waals surface area contributed by atoms with Crippen molar-refractivity contribution in [2.24, 2.45) is 11.3 Å². The van der Waals surface area contributed by atoms with Crippen LogP contribution in [-0.2, 0) is 30.4 Å². The van der Waals surface area contributed by atoms with Crippen molar-refractivity contribution in [2.45, 2.75) is 52.5 Å². The molecule has 0 unspecified atom stereocenters. The van der Waals surface area contributed by atoms with Crippen LogP contribution in [0.2, 0.25) is 0 Å². The first-order valence-corrected chi connectivity index (χ1v) is 12.8. The number of amides is 3. The molecule has 0 N–H and O–H groups in total. The van der Waals surface area contributed by atoms with Gasteiger partial charge in [0.05, 0.1) is 26.0 Å². The molecule has 1 aliphatic carbocycles. The second kappa shape index (κ2) is 11.2. The highest BCUT2D eigenvalue weighted by Crippen LogP contribution is 2.50. The summed E-state index contributed by atoms with van der Waals surface area (Å²) in [6.45, 7) is 5.79. The Bertz CT molecular complexity index is 997. The average Bonchev–Trinajstić information content (AvgIpc) is 3.40. The summed E-state index contributed by atoms with van der Waals surface area (Å²) in [5, 5.41) is 0. The summed E-state index contributed by atoms with van der Waals surface area (Å²) in [7, 11) is 0. The molecule has 196 valence electrons. The third kappa shape index (κ3) is 5.12. The van der Waals surface area contributed by atoms with E-state index in [1.54, 1.807) is 46.9 Å². The van der Waals surface area contributed by atoms with Crippen LogP contribution in [0.3, 0.4) is 0 Å². The standard InChI is InChI=1S/C26H35N3O7/c1-3-34-24(32)26-10-6-5-9-21(26)29(18-20-8-7-15-36-20)23(31)19(17-26)16-22(30)27-11-13-28(14-12-27)25(33)35-4-2/h7-9,15,19H,3-6,10-14,16-18H2,1-2H3/t19-,26+/m1/s1. The van der Waals surface area contributed by atoms with Gasteiger partial charge in [-0.3, -0.25) is 14.4 Å². The maximum absolute atomic E-state index is 13.7. The highest BCUT2D eigenvalue weighted by Gasteiger charge is 2.54. The Morgan fingerprint density at radius 3 is 2.47 bits per heavy atom. The van der Waals surface area contributed by atoms with E-state index in [0.29, 0.717) is 50.7 Å². The van der Waals surface area contributed by atoms with Gasteiger partial charge in [-0.1, -0.05) is 6.08 Å². The SMILES string of the molecule is CCOC(=O)N1CCN(C(=O)C[C@@H]2C[C@@]3(C(=O)OCC)CCCC=C3N(Cc3ccco3)C2=O)CC1. The fourth-order valence-corrected chi connectivity index (χ4v) is 5.52. The summed E-state index contributed by atoms with van der Waals surface area (Å²) >= 11 is 0. The molecule has 0 spiro atoms. The minimum atomic E-state index is -0.956. The molecule has 2 fully saturated rings. The molecular formula is C26H35N3O7. The van der Waals surface area contributed by atoms with Gasteiger partial charge in [-0.25, -0.2) is 4.79 Å². The maximum Gasteiger partial charge on any atom is 0.409 e. The lowest BCUT2D eigenvalue weighted by atomic mass is 9.66. The molecule has 0 saturated carbocycles. The number of likely N-dealkylation sites (tertiary alicyclic amines) is 1. The van der Waals surface area contributed by atoms with Crippen molar-refractivity contribution in [3.8, 4) is 0 Å². The number of allylic oxidation sites excluding steroid dienone is 1. The molecule has 3 amide bonds. The van der Waals surface area contributed by atoms with E-state index in [1.807, 2.05) is 6.08 Å². The first-order chi connectivity index (χ1) is 17.4. The number of fused-ring (bicyclic) bond motifs is 1. The molecule has 2 aliphatic heterocycles. The summed E-state index contributed by atoms with van der Waals surface area (Å²) in [4.78, 5) is 57.2. The predicted octanol–water partition coefficient (Wildman–Crippen LogP) is 2.94. The number of furan rings is 1. The molecule has 3 heterocycles. The van der Waals surface area contributed by atoms with E-state index >= 15 is 0 Å². The van der Waals surface area contributed by atoms with Crippen LogP contribution in [0.25, 0.3) is 0 Å². The molecule has 0 aromatic carbocycles. The molecule has 1 aromatic rings. The normalized spacial score (nSPS) is 24.2. The van der Waals surface area contributed by atoms with Gasteiger partial charge in [0.2, 0.25) is 11.8 Å². The van der Waals surface area contributed by atoms with Crippen molar-refractivity contribution in [1.82, 2.24) is 14.7 Å². The highest BCUT2D eigenvalue weighted by molar-refractivity contribution is 5.92. The van der Waals surface area contributed by atoms with Crippen LogP contribution in [0.15, 0.2) is 34.6 Å². The number of piperazine rings is 1. The minimum absolute atomic E-state index is 0.00132. The Kier molecular flexibility index (Phi) is 8.01. The quantitative estimate of drug-likeness (QED) is 0.529. The van der Waals surface area contributed by atoms with Crippen molar-refractivity contribution < 1.29 is 33.1 Å². The minimum Gasteiger partial charge on any atom is -0.467 e. The number of carbonyl (C=O) groups is 4. The van der Waals surface area contributed by atoms with Crippen LogP contribution in [0, 0.1) is 11.3 Å². The summed E-state index contributed by atoms with van der Waals surface area (Å²) in [6.07, 6.45) is 5.54. The topological polar surface area (TPSA) is 110 Å². The predicted molar refractivity (Wildman–Crippen MR) is 128 cm³/mol. The van der Waals surface area contributed by atoms with E-state index in [9.17, 15) is 19.2 Å². The fraction of sp³-hybridized carbons (Fsp3) is 0.615. The third-order valence-corrected chi connectivity index (χ3v) is 7.28. The van der Waals surface area contributed by atoms with Crippen LogP contribution in [-0.4, -0.2) is 78.0 Å². The van der Waals surface area contributed by atoms with Crippen molar-refractivity contribution >= 4 is 23.9 Å². The average molecular weight is 502 g/mol. The van der Waals surface area contributed by atoms with Gasteiger partial charge in [-0.15, -0.1) is 0 Å². The number of ether oxygens (including phenoxy) is 2. The molecule has 3 aliphatic rings. The first kappa shape index (κ1) is 25.8. The Balaban J connectivity index is 1.53. The van der Waals surface area contributed by atoms with Crippen LogP contribution >= 0.6 is 0 Å². The molecule has 4 rings (SSSR count). The summed E-state index contributed by atoms with van der Waals surface area (Å²) in [5.74, 6) is -0.728. The molecule has 2 saturated heterocycles. The lowest BCUT2D eigenvalue weighted by Crippen LogP contribution is -2.55. The van der Waals surface area contributed by atoms with Crippen molar-refractivity contribution in [2.75, 3.05) is 39.4 Å². The maximum atomic E-state index is 13.7. The lowest BCUT2D eigenvalue weighted by molar-refractivity contribution is -0.163. The summed E-state index contributed by atoms with van der Waals surface area (Å²) in [6, 6.07) is 3.55. The highest BCUT2D eigenvalue weighted by atomic mass is 16.6. The Morgan fingerprint density at radius 1 is 1.08 bits per heavy atom. The number of rotatable bonds is 7. The van der Waals surface area contributed by atoms with Gasteiger partial charge in [-0.2, -0.15) is 0 Å². The Hall–Kier alpha value is -3.30. The van der Waals surface area contributed by atoms with Gasteiger partial charge in [0.1, 0.15) is 11.2 Å². The Morgan fingerprint density at radius 2 is 1.81 bits per heavy atom. The van der Waals surface area contributed by atoms with Crippen LogP contribution in [0.1, 0.15) is 51.7 Å². The molecule has 0 radical (unpaired) electrons. The van der Waals surface area contributed by atoms with E-state index < -0.39 is 11.3 Å². The third-order valence-electron chi connectivity index (χ3n) is 7.28. The van der Waals surface area contributed by atoms with Crippen LogP contribution < -0.4 is 0 Å². The Labute approximate surface area is 211 Å². The number of carbonyl (C=O) groups excluding carboxylic acids is 4. The zero-order chi connectivity index (χ0) is 25.7. The zero-order valence-corrected chi connectivity index (χ0v) is 21.1. The largest absolute Gasteiger partial charge is 0.467 e. The van der Waals surface area contributed by atoms with Crippen molar-refractivity contribution in [3.05, 3.63) is 35.9 Å². The number of hydrogen-bond acceptors (Lipinski definition) is 7. The van der Waals surface area contributed by atoms with Gasteiger partial charge >= 0.3 is 12.1 Å². The van der Waals surface area contributed by atoms with E-state index in [-0.39, 0.29) is 49.9 Å². The fourth-order valence-electron chi connectivity index (χ4n) is 5.52. The van der Waals surface area contributed by atoms with Crippen LogP contribution in [0.5, 0.6) is 0 Å². The second-order valence-electron chi connectivity index (χ2n) is 9.46. The molecule has 10 heteroatoms. The van der Waals surface area contributed by atoms with E-state index in [0.717, 1.165) is 12.8 Å². The molecule has 1 aromatic heterocycles. The monoisotopic (exact) mass is 501 g/mol. The smallest absolute Gasteiger partial charge is 0.409 e. The summed E-state index contributed by atoms with van der Waals surface area (Å²) in [5.41, 5.74) is -0.289. The molecule has 2 atom stereocenters. The van der Waals surface area contributed by atoms with Crippen molar-refractivity contribution in [1.29, 1.82) is 0 Å². The van der Waals surface area contributed by atoms with E-state index in [4.69, 9.17) is 13.9 Å². The van der Waals surface area contributed by atoms with E-state index in [2.05, 4.69) is 0 Å². The number of hydrogen-bond donors (Lipinski definition) is 0. The van der Waals surface area contributed by atoms with Crippen LogP contribution in [0.4, 0.5) is 4.79 Å². The van der Waals surface area contributed by atoms with Gasteiger partial charge in [-0.05, 0) is 51.7 Å². The van der Waals surface area contributed by atoms with E-state index in [1.165, 1.54) is 0 Å². The van der Waals surface area contributed by atoms with Gasteiger partial charge in [0, 0.05) is 44.2 Å². The number of nitrogens with zero attached hydrogens (tertiary/aromatic N) is 3. The van der Waals surface area contributed by atoms with Crippen molar-refractivity contribution in [3.63, 3.8) is 0 Å². The van der Waals surface area contributed by atoms with Gasteiger partial charge < -0.3 is 28.6 Å². The summed E-state index contributed by atoms with van der Waals surface area (Å²) < 4.78 is 16.1. The molecule has 0 bridgehead atoms. The molecule has 36 heavy (non-hydrogen) atoms. The number of piperidine rings is 1. The number of esters is 1. The first-order valence-electron chi connectivity index (χ1n) is 12.8. The lowest BCUT2D eigenvalue weighted by Gasteiger charge is -2.48.